The van der Waals surface area contributed by atoms with Crippen molar-refractivity contribution in [2.75, 3.05) is 19.1 Å². The monoisotopic (exact) mass is 433 g/mol. The number of imidazole rings is 1. The lowest BCUT2D eigenvalue weighted by Crippen LogP contribution is -2.33. The molecule has 5 rings (SSSR count). The van der Waals surface area contributed by atoms with E-state index in [1.54, 1.807) is 7.11 Å². The Morgan fingerprint density at radius 1 is 1.12 bits per heavy atom. The van der Waals surface area contributed by atoms with Crippen molar-refractivity contribution in [3.8, 4) is 5.75 Å². The van der Waals surface area contributed by atoms with Gasteiger partial charge in [-0.05, 0) is 68.4 Å². The predicted molar refractivity (Wildman–Crippen MR) is 130 cm³/mol. The van der Waals surface area contributed by atoms with E-state index in [2.05, 4.69) is 42.5 Å². The molecule has 1 saturated carbocycles. The van der Waals surface area contributed by atoms with Crippen LogP contribution in [0.5, 0.6) is 5.75 Å². The summed E-state index contributed by atoms with van der Waals surface area (Å²) in [6.07, 6.45) is 6.17. The van der Waals surface area contributed by atoms with Crippen LogP contribution in [0.25, 0.3) is 11.0 Å². The van der Waals surface area contributed by atoms with Crippen LogP contribution in [0, 0.1) is 5.92 Å². The van der Waals surface area contributed by atoms with Crippen molar-refractivity contribution < 1.29 is 9.84 Å². The number of hydrogen-bond acceptors (Lipinski definition) is 4. The summed E-state index contributed by atoms with van der Waals surface area (Å²) in [4.78, 5) is 7.54. The second-order valence-electron chi connectivity index (χ2n) is 9.87. The van der Waals surface area contributed by atoms with Gasteiger partial charge in [-0.25, -0.2) is 4.98 Å². The van der Waals surface area contributed by atoms with Crippen LogP contribution in [0.4, 0.5) is 5.69 Å². The number of methoxy groups -OCH3 is 1. The van der Waals surface area contributed by atoms with Crippen LogP contribution in [0.15, 0.2) is 36.4 Å². The fraction of sp³-hybridized carbons (Fsp3) is 0.519. The molecule has 2 aliphatic rings. The lowest BCUT2D eigenvalue weighted by molar-refractivity contribution is 0.192. The molecule has 1 fully saturated rings. The highest BCUT2D eigenvalue weighted by molar-refractivity contribution is 5.86. The van der Waals surface area contributed by atoms with Gasteiger partial charge in [0.2, 0.25) is 0 Å². The van der Waals surface area contributed by atoms with Gasteiger partial charge in [0.15, 0.2) is 0 Å². The number of rotatable bonds is 4. The fourth-order valence-electron chi connectivity index (χ4n) is 5.76. The van der Waals surface area contributed by atoms with Gasteiger partial charge in [-0.3, -0.25) is 0 Å². The Balaban J connectivity index is 1.69. The van der Waals surface area contributed by atoms with Crippen molar-refractivity contribution in [1.29, 1.82) is 0 Å². The van der Waals surface area contributed by atoms with Crippen molar-refractivity contribution >= 4 is 16.7 Å². The average Bonchev–Trinajstić information content (AvgIpc) is 3.21. The molecule has 2 heterocycles. The molecule has 0 saturated heterocycles. The van der Waals surface area contributed by atoms with Crippen LogP contribution >= 0.6 is 0 Å². The molecular weight excluding hydrogens is 398 g/mol. The van der Waals surface area contributed by atoms with E-state index in [0.29, 0.717) is 18.0 Å². The molecular formula is C27H35N3O2. The van der Waals surface area contributed by atoms with Gasteiger partial charge in [-0.1, -0.05) is 31.9 Å². The fourth-order valence-corrected chi connectivity index (χ4v) is 5.76. The number of aryl methyl sites for hydroxylation is 1. The molecule has 3 aromatic rings. The maximum absolute atomic E-state index is 11.5. The Labute approximate surface area is 191 Å². The number of hydrogen-bond donors (Lipinski definition) is 1. The lowest BCUT2D eigenvalue weighted by Gasteiger charge is -2.34. The van der Waals surface area contributed by atoms with Crippen molar-refractivity contribution in [2.45, 2.75) is 70.6 Å². The molecule has 0 spiro atoms. The first-order valence-electron chi connectivity index (χ1n) is 12.1. The average molecular weight is 434 g/mol. The number of aromatic nitrogens is 2. The standard InChI is InChI=1S/C27H35N3O2/c1-17-7-5-9-20(15-17)30-24-14-13-23-22(12-11-18(2)29(23)3)25(24)28-27(30)26(31)19-8-6-10-21(16-19)32-4/h6,8,10,13-14,16-18,20,26,31H,5,7,9,11-12,15H2,1-4H3. The van der Waals surface area contributed by atoms with Crippen LogP contribution in [0.2, 0.25) is 0 Å². The maximum Gasteiger partial charge on any atom is 0.143 e. The van der Waals surface area contributed by atoms with E-state index in [1.807, 2.05) is 24.3 Å². The van der Waals surface area contributed by atoms with Crippen LogP contribution in [0.1, 0.15) is 75.0 Å². The third kappa shape index (κ3) is 3.57. The highest BCUT2D eigenvalue weighted by Crippen LogP contribution is 2.41. The van der Waals surface area contributed by atoms with Crippen molar-refractivity contribution in [1.82, 2.24) is 9.55 Å². The zero-order valence-electron chi connectivity index (χ0n) is 19.7. The molecule has 1 aliphatic heterocycles. The van der Waals surface area contributed by atoms with Crippen LogP contribution < -0.4 is 9.64 Å². The van der Waals surface area contributed by atoms with E-state index in [0.717, 1.165) is 48.3 Å². The molecule has 0 radical (unpaired) electrons. The highest BCUT2D eigenvalue weighted by atomic mass is 16.5. The minimum absolute atomic E-state index is 0.373. The van der Waals surface area contributed by atoms with E-state index >= 15 is 0 Å². The molecule has 1 N–H and O–H groups in total. The molecule has 32 heavy (non-hydrogen) atoms. The molecule has 5 heteroatoms. The zero-order valence-corrected chi connectivity index (χ0v) is 19.7. The predicted octanol–water partition coefficient (Wildman–Crippen LogP) is 5.65. The molecule has 5 nitrogen and oxygen atoms in total. The Morgan fingerprint density at radius 3 is 2.75 bits per heavy atom. The van der Waals surface area contributed by atoms with E-state index in [9.17, 15) is 5.11 Å². The Bertz CT molecular complexity index is 1120. The highest BCUT2D eigenvalue weighted by Gasteiger charge is 2.31. The zero-order chi connectivity index (χ0) is 22.4. The van der Waals surface area contributed by atoms with Crippen molar-refractivity contribution in [3.63, 3.8) is 0 Å². The quantitative estimate of drug-likeness (QED) is 0.578. The van der Waals surface area contributed by atoms with Crippen LogP contribution in [-0.4, -0.2) is 34.9 Å². The maximum atomic E-state index is 11.5. The summed E-state index contributed by atoms with van der Waals surface area (Å²) in [5.74, 6) is 2.21. The largest absolute Gasteiger partial charge is 0.497 e. The second kappa shape index (κ2) is 8.43. The first-order valence-corrected chi connectivity index (χ1v) is 12.1. The van der Waals surface area contributed by atoms with Gasteiger partial charge >= 0.3 is 0 Å². The van der Waals surface area contributed by atoms with Crippen molar-refractivity contribution in [2.24, 2.45) is 5.92 Å². The summed E-state index contributed by atoms with van der Waals surface area (Å²) < 4.78 is 7.78. The van der Waals surface area contributed by atoms with E-state index < -0.39 is 6.10 Å². The van der Waals surface area contributed by atoms with Gasteiger partial charge in [0.25, 0.3) is 0 Å². The van der Waals surface area contributed by atoms with E-state index in [4.69, 9.17) is 9.72 Å². The molecule has 2 aromatic carbocycles. The summed E-state index contributed by atoms with van der Waals surface area (Å²) in [5.41, 5.74) is 5.66. The number of aliphatic hydroxyl groups excluding tert-OH is 1. The minimum atomic E-state index is -0.786. The summed E-state index contributed by atoms with van der Waals surface area (Å²) in [7, 11) is 3.84. The first-order chi connectivity index (χ1) is 15.5. The third-order valence-corrected chi connectivity index (χ3v) is 7.75. The van der Waals surface area contributed by atoms with Crippen LogP contribution in [-0.2, 0) is 6.42 Å². The summed E-state index contributed by atoms with van der Waals surface area (Å²) in [6, 6.07) is 13.1. The molecule has 0 amide bonds. The first kappa shape index (κ1) is 21.3. The molecule has 1 aliphatic carbocycles. The number of ether oxygens (including phenoxy) is 1. The topological polar surface area (TPSA) is 50.5 Å². The Kier molecular flexibility index (Phi) is 5.62. The third-order valence-electron chi connectivity index (χ3n) is 7.75. The lowest BCUT2D eigenvalue weighted by atomic mass is 9.86. The summed E-state index contributed by atoms with van der Waals surface area (Å²) in [5, 5.41) is 11.5. The number of aliphatic hydroxyl groups is 1. The number of fused-ring (bicyclic) bond motifs is 3. The molecule has 1 aromatic heterocycles. The SMILES string of the molecule is COc1cccc(C(O)c2nc3c4c(ccc3n2C2CCCC(C)C2)N(C)C(C)CC4)c1. The van der Waals surface area contributed by atoms with E-state index in [-0.39, 0.29) is 0 Å². The van der Waals surface area contributed by atoms with Gasteiger partial charge in [0.05, 0.1) is 18.1 Å². The molecule has 4 unspecified atom stereocenters. The number of benzene rings is 2. The molecule has 0 bridgehead atoms. The van der Waals surface area contributed by atoms with E-state index in [1.165, 1.54) is 29.6 Å². The van der Waals surface area contributed by atoms with Gasteiger partial charge < -0.3 is 19.3 Å². The molecule has 4 atom stereocenters. The second-order valence-corrected chi connectivity index (χ2v) is 9.87. The smallest absolute Gasteiger partial charge is 0.143 e. The van der Waals surface area contributed by atoms with Gasteiger partial charge in [-0.15, -0.1) is 0 Å². The normalized spacial score (nSPS) is 24.4. The van der Waals surface area contributed by atoms with Gasteiger partial charge in [0, 0.05) is 30.4 Å². The van der Waals surface area contributed by atoms with Crippen LogP contribution in [0.3, 0.4) is 0 Å². The number of anilines is 1. The Morgan fingerprint density at radius 2 is 1.97 bits per heavy atom. The van der Waals surface area contributed by atoms with Gasteiger partial charge in [-0.2, -0.15) is 0 Å². The van der Waals surface area contributed by atoms with Crippen molar-refractivity contribution in [3.05, 3.63) is 53.3 Å². The number of nitrogens with zero attached hydrogens (tertiary/aromatic N) is 3. The molecule has 170 valence electrons. The summed E-state index contributed by atoms with van der Waals surface area (Å²) in [6.45, 7) is 4.63. The Hall–Kier alpha value is -2.53. The minimum Gasteiger partial charge on any atom is -0.497 e. The summed E-state index contributed by atoms with van der Waals surface area (Å²) >= 11 is 0. The van der Waals surface area contributed by atoms with Gasteiger partial charge in [0.1, 0.15) is 17.7 Å².